The van der Waals surface area contributed by atoms with Crippen LogP contribution in [0.4, 0.5) is 0 Å². The van der Waals surface area contributed by atoms with Crippen LogP contribution in [-0.4, -0.2) is 24.0 Å². The standard InChI is InChI=1S/C12H17NO2/c1-3-15-8-4-5-12(14)11-7-6-10(2)9-13-11/h6-7,9H,3-5,8H2,1-2H3. The van der Waals surface area contributed by atoms with Crippen LogP contribution in [0.3, 0.4) is 0 Å². The van der Waals surface area contributed by atoms with Gasteiger partial charge in [-0.15, -0.1) is 0 Å². The molecule has 3 heteroatoms. The van der Waals surface area contributed by atoms with Gasteiger partial charge in [-0.1, -0.05) is 6.07 Å². The molecule has 0 saturated heterocycles. The first-order valence-electron chi connectivity index (χ1n) is 5.27. The average Bonchev–Trinajstić information content (AvgIpc) is 2.25. The van der Waals surface area contributed by atoms with Gasteiger partial charge in [-0.2, -0.15) is 0 Å². The molecule has 15 heavy (non-hydrogen) atoms. The van der Waals surface area contributed by atoms with Crippen LogP contribution < -0.4 is 0 Å². The third-order valence-electron chi connectivity index (χ3n) is 2.09. The highest BCUT2D eigenvalue weighted by atomic mass is 16.5. The van der Waals surface area contributed by atoms with E-state index in [4.69, 9.17) is 4.74 Å². The molecule has 0 aliphatic heterocycles. The molecule has 0 bridgehead atoms. The lowest BCUT2D eigenvalue weighted by Crippen LogP contribution is -2.04. The monoisotopic (exact) mass is 207 g/mol. The lowest BCUT2D eigenvalue weighted by Gasteiger charge is -2.01. The van der Waals surface area contributed by atoms with Crippen molar-refractivity contribution < 1.29 is 9.53 Å². The zero-order chi connectivity index (χ0) is 11.1. The van der Waals surface area contributed by atoms with Crippen LogP contribution >= 0.6 is 0 Å². The topological polar surface area (TPSA) is 39.2 Å². The Labute approximate surface area is 90.5 Å². The smallest absolute Gasteiger partial charge is 0.181 e. The number of hydrogen-bond donors (Lipinski definition) is 0. The minimum atomic E-state index is 0.0923. The van der Waals surface area contributed by atoms with Crippen LogP contribution in [0.15, 0.2) is 18.3 Å². The normalized spacial score (nSPS) is 10.3. The van der Waals surface area contributed by atoms with E-state index < -0.39 is 0 Å². The maximum atomic E-state index is 11.6. The molecular formula is C12H17NO2. The van der Waals surface area contributed by atoms with Crippen LogP contribution in [0.25, 0.3) is 0 Å². The van der Waals surface area contributed by atoms with Crippen molar-refractivity contribution in [3.8, 4) is 0 Å². The van der Waals surface area contributed by atoms with E-state index in [0.717, 1.165) is 12.0 Å². The number of ether oxygens (including phenoxy) is 1. The molecule has 0 aliphatic carbocycles. The summed E-state index contributed by atoms with van der Waals surface area (Å²) in [6.45, 7) is 5.25. The zero-order valence-corrected chi connectivity index (χ0v) is 9.32. The number of aromatic nitrogens is 1. The van der Waals surface area contributed by atoms with Gasteiger partial charge in [0, 0.05) is 25.8 Å². The molecule has 0 aliphatic rings. The Morgan fingerprint density at radius 2 is 2.27 bits per heavy atom. The third-order valence-corrected chi connectivity index (χ3v) is 2.09. The first kappa shape index (κ1) is 11.9. The molecule has 0 atom stereocenters. The summed E-state index contributed by atoms with van der Waals surface area (Å²) in [5.74, 6) is 0.0923. The molecule has 82 valence electrons. The molecular weight excluding hydrogens is 190 g/mol. The lowest BCUT2D eigenvalue weighted by molar-refractivity contribution is 0.0942. The second kappa shape index (κ2) is 6.30. The summed E-state index contributed by atoms with van der Waals surface area (Å²) in [5, 5.41) is 0. The van der Waals surface area contributed by atoms with Crippen LogP contribution in [0.1, 0.15) is 35.8 Å². The van der Waals surface area contributed by atoms with E-state index in [2.05, 4.69) is 4.98 Å². The predicted octanol–water partition coefficient (Wildman–Crippen LogP) is 2.39. The lowest BCUT2D eigenvalue weighted by atomic mass is 10.1. The van der Waals surface area contributed by atoms with Gasteiger partial charge in [0.2, 0.25) is 0 Å². The van der Waals surface area contributed by atoms with E-state index in [0.29, 0.717) is 25.3 Å². The summed E-state index contributed by atoms with van der Waals surface area (Å²) in [6.07, 6.45) is 2.99. The number of aryl methyl sites for hydroxylation is 1. The molecule has 0 radical (unpaired) electrons. The van der Waals surface area contributed by atoms with Crippen LogP contribution in [0.2, 0.25) is 0 Å². The highest BCUT2D eigenvalue weighted by Crippen LogP contribution is 2.04. The SMILES string of the molecule is CCOCCCC(=O)c1ccc(C)cn1. The van der Waals surface area contributed by atoms with E-state index in [1.807, 2.05) is 19.9 Å². The Hall–Kier alpha value is -1.22. The number of carbonyl (C=O) groups is 1. The van der Waals surface area contributed by atoms with Crippen molar-refractivity contribution >= 4 is 5.78 Å². The second-order valence-electron chi connectivity index (χ2n) is 3.44. The molecule has 0 aromatic carbocycles. The summed E-state index contributed by atoms with van der Waals surface area (Å²) in [5.41, 5.74) is 1.62. The summed E-state index contributed by atoms with van der Waals surface area (Å²) < 4.78 is 5.17. The average molecular weight is 207 g/mol. The van der Waals surface area contributed by atoms with Crippen molar-refractivity contribution in [2.45, 2.75) is 26.7 Å². The number of pyridine rings is 1. The Morgan fingerprint density at radius 3 is 2.87 bits per heavy atom. The van der Waals surface area contributed by atoms with Crippen LogP contribution in [-0.2, 0) is 4.74 Å². The Morgan fingerprint density at radius 1 is 1.47 bits per heavy atom. The molecule has 1 rings (SSSR count). The maximum Gasteiger partial charge on any atom is 0.181 e. The van der Waals surface area contributed by atoms with Gasteiger partial charge >= 0.3 is 0 Å². The summed E-state index contributed by atoms with van der Waals surface area (Å²) in [6, 6.07) is 3.68. The van der Waals surface area contributed by atoms with Gasteiger partial charge in [0.25, 0.3) is 0 Å². The van der Waals surface area contributed by atoms with Gasteiger partial charge in [0.15, 0.2) is 5.78 Å². The summed E-state index contributed by atoms with van der Waals surface area (Å²) >= 11 is 0. The maximum absolute atomic E-state index is 11.6. The van der Waals surface area contributed by atoms with Crippen molar-refractivity contribution in [1.29, 1.82) is 0 Å². The van der Waals surface area contributed by atoms with Gasteiger partial charge in [-0.25, -0.2) is 0 Å². The quantitative estimate of drug-likeness (QED) is 0.531. The van der Waals surface area contributed by atoms with Crippen molar-refractivity contribution in [2.75, 3.05) is 13.2 Å². The van der Waals surface area contributed by atoms with Crippen LogP contribution in [0, 0.1) is 6.92 Å². The molecule has 0 unspecified atom stereocenters. The molecule has 1 aromatic heterocycles. The third kappa shape index (κ3) is 4.21. The largest absolute Gasteiger partial charge is 0.382 e. The molecule has 0 amide bonds. The van der Waals surface area contributed by atoms with Gasteiger partial charge in [0.05, 0.1) is 0 Å². The first-order valence-corrected chi connectivity index (χ1v) is 5.27. The van der Waals surface area contributed by atoms with E-state index in [1.165, 1.54) is 0 Å². The van der Waals surface area contributed by atoms with Crippen molar-refractivity contribution in [2.24, 2.45) is 0 Å². The molecule has 0 N–H and O–H groups in total. The first-order chi connectivity index (χ1) is 7.24. The Bertz CT molecular complexity index is 306. The number of hydrogen-bond acceptors (Lipinski definition) is 3. The highest BCUT2D eigenvalue weighted by Gasteiger charge is 2.05. The fraction of sp³-hybridized carbons (Fsp3) is 0.500. The van der Waals surface area contributed by atoms with Crippen molar-refractivity contribution in [1.82, 2.24) is 4.98 Å². The Balaban J connectivity index is 2.37. The molecule has 0 fully saturated rings. The number of Topliss-reactive ketones (excluding diaryl/α,β-unsaturated/α-hetero) is 1. The molecule has 0 spiro atoms. The van der Waals surface area contributed by atoms with Crippen LogP contribution in [0.5, 0.6) is 0 Å². The van der Waals surface area contributed by atoms with Crippen molar-refractivity contribution in [3.63, 3.8) is 0 Å². The minimum Gasteiger partial charge on any atom is -0.382 e. The summed E-state index contributed by atoms with van der Waals surface area (Å²) in [7, 11) is 0. The number of rotatable bonds is 6. The fourth-order valence-corrected chi connectivity index (χ4v) is 1.24. The second-order valence-corrected chi connectivity index (χ2v) is 3.44. The van der Waals surface area contributed by atoms with Gasteiger partial charge in [-0.05, 0) is 31.9 Å². The predicted molar refractivity (Wildman–Crippen MR) is 59.0 cm³/mol. The zero-order valence-electron chi connectivity index (χ0n) is 9.32. The van der Waals surface area contributed by atoms with E-state index in [9.17, 15) is 4.79 Å². The van der Waals surface area contributed by atoms with E-state index in [-0.39, 0.29) is 5.78 Å². The number of nitrogens with zero attached hydrogens (tertiary/aromatic N) is 1. The number of ketones is 1. The minimum absolute atomic E-state index is 0.0923. The van der Waals surface area contributed by atoms with Gasteiger partial charge in [-0.3, -0.25) is 9.78 Å². The number of carbonyl (C=O) groups excluding carboxylic acids is 1. The Kier molecular flexibility index (Phi) is 4.98. The van der Waals surface area contributed by atoms with Crippen molar-refractivity contribution in [3.05, 3.63) is 29.6 Å². The molecule has 1 heterocycles. The van der Waals surface area contributed by atoms with Gasteiger partial charge < -0.3 is 4.74 Å². The molecule has 1 aromatic rings. The van der Waals surface area contributed by atoms with E-state index in [1.54, 1.807) is 12.3 Å². The summed E-state index contributed by atoms with van der Waals surface area (Å²) in [4.78, 5) is 15.7. The fourth-order valence-electron chi connectivity index (χ4n) is 1.24. The molecule has 0 saturated carbocycles. The highest BCUT2D eigenvalue weighted by molar-refractivity contribution is 5.94. The molecule has 3 nitrogen and oxygen atoms in total. The van der Waals surface area contributed by atoms with Gasteiger partial charge in [0.1, 0.15) is 5.69 Å². The van der Waals surface area contributed by atoms with E-state index >= 15 is 0 Å².